The van der Waals surface area contributed by atoms with Gasteiger partial charge in [0, 0.05) is 21.8 Å². The van der Waals surface area contributed by atoms with Crippen LogP contribution in [0.3, 0.4) is 0 Å². The lowest BCUT2D eigenvalue weighted by Crippen LogP contribution is -2.16. The molecule has 0 spiro atoms. The van der Waals surface area contributed by atoms with Gasteiger partial charge in [-0.05, 0) is 44.9 Å². The zero-order valence-electron chi connectivity index (χ0n) is 12.2. The molecule has 0 aliphatic rings. The first-order chi connectivity index (χ1) is 9.51. The summed E-state index contributed by atoms with van der Waals surface area (Å²) in [6, 6.07) is 3.91. The number of aryl methyl sites for hydroxylation is 4. The Morgan fingerprint density at radius 1 is 1.40 bits per heavy atom. The summed E-state index contributed by atoms with van der Waals surface area (Å²) in [5, 5.41) is 4.02. The van der Waals surface area contributed by atoms with E-state index in [1.807, 2.05) is 32.9 Å². The van der Waals surface area contributed by atoms with Crippen molar-refractivity contribution in [1.29, 1.82) is 0 Å². The molecular weight excluding hydrogens is 270 g/mol. The Morgan fingerprint density at radius 3 is 2.70 bits per heavy atom. The summed E-state index contributed by atoms with van der Waals surface area (Å²) in [4.78, 5) is 17.1. The smallest absolute Gasteiger partial charge is 0.281 e. The van der Waals surface area contributed by atoms with Crippen molar-refractivity contribution < 1.29 is 4.79 Å². The van der Waals surface area contributed by atoms with Gasteiger partial charge in [-0.25, -0.2) is 5.43 Å². The molecule has 2 N–H and O–H groups in total. The van der Waals surface area contributed by atoms with Gasteiger partial charge in [-0.15, -0.1) is 11.3 Å². The van der Waals surface area contributed by atoms with Crippen LogP contribution in [0.4, 0.5) is 0 Å². The SMILES string of the molecule is CCc1sc(C(=O)N/N=C/c2cc(C)[nH]c2C)cc1C. The first-order valence-electron chi connectivity index (χ1n) is 6.60. The molecule has 0 bridgehead atoms. The molecule has 0 saturated heterocycles. The van der Waals surface area contributed by atoms with Crippen molar-refractivity contribution in [2.75, 3.05) is 0 Å². The Kier molecular flexibility index (Phi) is 4.39. The van der Waals surface area contributed by atoms with Crippen molar-refractivity contribution in [2.45, 2.75) is 34.1 Å². The van der Waals surface area contributed by atoms with Crippen LogP contribution in [0, 0.1) is 20.8 Å². The monoisotopic (exact) mass is 289 g/mol. The molecule has 0 aliphatic heterocycles. The molecule has 20 heavy (non-hydrogen) atoms. The van der Waals surface area contributed by atoms with Gasteiger partial charge in [-0.1, -0.05) is 6.92 Å². The highest BCUT2D eigenvalue weighted by molar-refractivity contribution is 7.14. The lowest BCUT2D eigenvalue weighted by atomic mass is 10.2. The average Bonchev–Trinajstić information content (AvgIpc) is 2.92. The van der Waals surface area contributed by atoms with Crippen LogP contribution in [-0.4, -0.2) is 17.1 Å². The van der Waals surface area contributed by atoms with E-state index >= 15 is 0 Å². The number of H-pyrrole nitrogens is 1. The molecule has 0 aliphatic carbocycles. The van der Waals surface area contributed by atoms with E-state index in [1.54, 1.807) is 6.21 Å². The third kappa shape index (κ3) is 3.17. The van der Waals surface area contributed by atoms with E-state index in [2.05, 4.69) is 22.4 Å². The quantitative estimate of drug-likeness (QED) is 0.658. The van der Waals surface area contributed by atoms with Gasteiger partial charge >= 0.3 is 0 Å². The highest BCUT2D eigenvalue weighted by Crippen LogP contribution is 2.22. The van der Waals surface area contributed by atoms with Crippen LogP contribution in [0.5, 0.6) is 0 Å². The van der Waals surface area contributed by atoms with E-state index in [1.165, 1.54) is 21.8 Å². The van der Waals surface area contributed by atoms with Gasteiger partial charge in [0.2, 0.25) is 0 Å². The minimum absolute atomic E-state index is 0.154. The maximum atomic E-state index is 12.0. The molecule has 5 heteroatoms. The number of thiophene rings is 1. The summed E-state index contributed by atoms with van der Waals surface area (Å²) in [6.07, 6.45) is 2.62. The van der Waals surface area contributed by atoms with Crippen LogP contribution < -0.4 is 5.43 Å². The molecule has 2 heterocycles. The number of carbonyl (C=O) groups excluding carboxylic acids is 1. The van der Waals surface area contributed by atoms with Crippen molar-refractivity contribution in [3.05, 3.63) is 44.4 Å². The maximum absolute atomic E-state index is 12.0. The summed E-state index contributed by atoms with van der Waals surface area (Å²) < 4.78 is 0. The second kappa shape index (κ2) is 6.05. The summed E-state index contributed by atoms with van der Waals surface area (Å²) in [7, 11) is 0. The van der Waals surface area contributed by atoms with Crippen molar-refractivity contribution >= 4 is 23.5 Å². The Labute approximate surface area is 122 Å². The largest absolute Gasteiger partial charge is 0.362 e. The number of rotatable bonds is 4. The minimum Gasteiger partial charge on any atom is -0.362 e. The number of aromatic nitrogens is 1. The van der Waals surface area contributed by atoms with E-state index in [9.17, 15) is 4.79 Å². The van der Waals surface area contributed by atoms with Gasteiger partial charge in [0.1, 0.15) is 0 Å². The number of nitrogens with one attached hydrogen (secondary N) is 2. The first-order valence-corrected chi connectivity index (χ1v) is 7.41. The molecule has 2 rings (SSSR count). The van der Waals surface area contributed by atoms with E-state index in [4.69, 9.17) is 0 Å². The standard InChI is InChI=1S/C15H19N3OS/c1-5-13-9(2)6-14(20-13)15(19)18-16-8-12-7-10(3)17-11(12)4/h6-8,17H,5H2,1-4H3,(H,18,19)/b16-8+. The van der Waals surface area contributed by atoms with Crippen molar-refractivity contribution in [2.24, 2.45) is 5.10 Å². The number of nitrogens with zero attached hydrogens (tertiary/aromatic N) is 1. The summed E-state index contributed by atoms with van der Waals surface area (Å²) in [6.45, 7) is 8.09. The minimum atomic E-state index is -0.154. The fourth-order valence-electron chi connectivity index (χ4n) is 2.08. The topological polar surface area (TPSA) is 57.2 Å². The molecule has 0 saturated carbocycles. The van der Waals surface area contributed by atoms with Gasteiger partial charge in [0.25, 0.3) is 5.91 Å². The molecule has 0 aromatic carbocycles. The van der Waals surface area contributed by atoms with Crippen LogP contribution >= 0.6 is 11.3 Å². The van der Waals surface area contributed by atoms with Crippen LogP contribution in [0.1, 0.15) is 44.0 Å². The number of hydrazone groups is 1. The lowest BCUT2D eigenvalue weighted by molar-refractivity contribution is 0.0959. The third-order valence-corrected chi connectivity index (χ3v) is 4.51. The van der Waals surface area contributed by atoms with Gasteiger partial charge < -0.3 is 4.98 Å². The number of aromatic amines is 1. The molecule has 106 valence electrons. The van der Waals surface area contributed by atoms with Crippen molar-refractivity contribution in [3.63, 3.8) is 0 Å². The highest BCUT2D eigenvalue weighted by Gasteiger charge is 2.10. The number of hydrogen-bond acceptors (Lipinski definition) is 3. The van der Waals surface area contributed by atoms with Gasteiger partial charge in [0.15, 0.2) is 0 Å². The molecule has 0 atom stereocenters. The average molecular weight is 289 g/mol. The fraction of sp³-hybridized carbons (Fsp3) is 0.333. The van der Waals surface area contributed by atoms with E-state index in [-0.39, 0.29) is 5.91 Å². The normalized spacial score (nSPS) is 11.2. The predicted molar refractivity (Wildman–Crippen MR) is 83.8 cm³/mol. The molecule has 2 aromatic heterocycles. The van der Waals surface area contributed by atoms with Crippen LogP contribution in [0.15, 0.2) is 17.2 Å². The van der Waals surface area contributed by atoms with E-state index in [0.29, 0.717) is 4.88 Å². The molecule has 0 radical (unpaired) electrons. The summed E-state index contributed by atoms with van der Waals surface area (Å²) >= 11 is 1.53. The summed E-state index contributed by atoms with van der Waals surface area (Å²) in [5.74, 6) is -0.154. The van der Waals surface area contributed by atoms with Gasteiger partial charge in [-0.3, -0.25) is 4.79 Å². The maximum Gasteiger partial charge on any atom is 0.281 e. The van der Waals surface area contributed by atoms with Crippen LogP contribution in [0.2, 0.25) is 0 Å². The Balaban J connectivity index is 2.03. The van der Waals surface area contributed by atoms with E-state index in [0.717, 1.165) is 23.4 Å². The first kappa shape index (κ1) is 14.5. The number of carbonyl (C=O) groups is 1. The number of amides is 1. The van der Waals surface area contributed by atoms with Gasteiger partial charge in [0.05, 0.1) is 11.1 Å². The number of hydrogen-bond donors (Lipinski definition) is 2. The predicted octanol–water partition coefficient (Wildman–Crippen LogP) is 3.33. The van der Waals surface area contributed by atoms with Gasteiger partial charge in [-0.2, -0.15) is 5.10 Å². The highest BCUT2D eigenvalue weighted by atomic mass is 32.1. The van der Waals surface area contributed by atoms with Crippen LogP contribution in [-0.2, 0) is 6.42 Å². The van der Waals surface area contributed by atoms with Crippen LogP contribution in [0.25, 0.3) is 0 Å². The Hall–Kier alpha value is -1.88. The molecule has 0 fully saturated rings. The second-order valence-electron chi connectivity index (χ2n) is 4.80. The second-order valence-corrected chi connectivity index (χ2v) is 5.94. The Morgan fingerprint density at radius 2 is 2.15 bits per heavy atom. The van der Waals surface area contributed by atoms with E-state index < -0.39 is 0 Å². The lowest BCUT2D eigenvalue weighted by Gasteiger charge is -1.95. The zero-order valence-corrected chi connectivity index (χ0v) is 13.0. The van der Waals surface area contributed by atoms with Crippen molar-refractivity contribution in [3.8, 4) is 0 Å². The molecule has 0 unspecified atom stereocenters. The van der Waals surface area contributed by atoms with Crippen molar-refractivity contribution in [1.82, 2.24) is 10.4 Å². The molecular formula is C15H19N3OS. The zero-order chi connectivity index (χ0) is 14.7. The third-order valence-electron chi connectivity index (χ3n) is 3.12. The Bertz CT molecular complexity index is 652. The molecule has 2 aromatic rings. The summed E-state index contributed by atoms with van der Waals surface area (Å²) in [5.41, 5.74) is 6.85. The fourth-order valence-corrected chi connectivity index (χ4v) is 3.08. The molecule has 4 nitrogen and oxygen atoms in total. The molecule has 1 amide bonds.